The van der Waals surface area contributed by atoms with E-state index in [1.165, 1.54) is 0 Å². The van der Waals surface area contributed by atoms with Crippen LogP contribution in [0.25, 0.3) is 0 Å². The second kappa shape index (κ2) is 10.8. The fourth-order valence-corrected chi connectivity index (χ4v) is 2.92. The molecule has 2 saturated heterocycles. The maximum atomic E-state index is 10.1. The molecule has 2 rings (SSSR count). The fourth-order valence-electron chi connectivity index (χ4n) is 2.92. The first-order valence-electron chi connectivity index (χ1n) is 9.11. The van der Waals surface area contributed by atoms with Crippen molar-refractivity contribution in [2.75, 3.05) is 19.8 Å². The maximum Gasteiger partial charge on any atom is 0.186 e. The van der Waals surface area contributed by atoms with Gasteiger partial charge in [-0.25, -0.2) is 0 Å². The third kappa shape index (κ3) is 5.67. The van der Waals surface area contributed by atoms with E-state index in [1.807, 2.05) is 19.1 Å². The van der Waals surface area contributed by atoms with Crippen LogP contribution in [0.3, 0.4) is 0 Å². The van der Waals surface area contributed by atoms with Gasteiger partial charge in [-0.1, -0.05) is 19.1 Å². The van der Waals surface area contributed by atoms with Crippen molar-refractivity contribution in [2.24, 2.45) is 0 Å². The highest BCUT2D eigenvalue weighted by atomic mass is 16.7. The molecule has 9 atom stereocenters. The van der Waals surface area contributed by atoms with E-state index in [0.29, 0.717) is 6.42 Å². The lowest BCUT2D eigenvalue weighted by atomic mass is 9.99. The molecule has 0 aromatic carbocycles. The van der Waals surface area contributed by atoms with Gasteiger partial charge in [0.15, 0.2) is 12.6 Å². The predicted molar refractivity (Wildman–Crippen MR) is 90.4 cm³/mol. The number of allylic oxidation sites excluding steroid dienone is 1. The van der Waals surface area contributed by atoms with Crippen molar-refractivity contribution < 1.29 is 49.6 Å². The molecule has 0 unspecified atom stereocenters. The van der Waals surface area contributed by atoms with E-state index < -0.39 is 61.9 Å². The molecule has 0 aromatic rings. The van der Waals surface area contributed by atoms with Gasteiger partial charge in [0.05, 0.1) is 19.8 Å². The van der Waals surface area contributed by atoms with Crippen molar-refractivity contribution in [3.8, 4) is 0 Å². The van der Waals surface area contributed by atoms with Gasteiger partial charge in [-0.15, -0.1) is 0 Å². The van der Waals surface area contributed by atoms with Gasteiger partial charge in [0.1, 0.15) is 42.7 Å². The summed E-state index contributed by atoms with van der Waals surface area (Å²) in [5.74, 6) is 0. The average molecular weight is 394 g/mol. The van der Waals surface area contributed by atoms with Crippen molar-refractivity contribution in [1.82, 2.24) is 0 Å². The Bertz CT molecular complexity index is 461. The van der Waals surface area contributed by atoms with Crippen molar-refractivity contribution >= 4 is 0 Å². The van der Waals surface area contributed by atoms with Gasteiger partial charge in [-0.05, 0) is 12.8 Å². The largest absolute Gasteiger partial charge is 0.394 e. The van der Waals surface area contributed by atoms with Crippen molar-refractivity contribution in [2.45, 2.75) is 75.1 Å². The zero-order valence-electron chi connectivity index (χ0n) is 15.2. The molecule has 10 heteroatoms. The van der Waals surface area contributed by atoms with Crippen LogP contribution in [0.15, 0.2) is 12.2 Å². The van der Waals surface area contributed by atoms with Gasteiger partial charge in [0.2, 0.25) is 0 Å². The minimum Gasteiger partial charge on any atom is -0.394 e. The summed E-state index contributed by atoms with van der Waals surface area (Å²) >= 11 is 0. The minimum absolute atomic E-state index is 0.253. The Hall–Kier alpha value is -0.660. The number of aliphatic hydroxyl groups is 6. The molecule has 2 aliphatic heterocycles. The molecule has 6 N–H and O–H groups in total. The molecule has 2 heterocycles. The number of ether oxygens (including phenoxy) is 4. The molecule has 158 valence electrons. The van der Waals surface area contributed by atoms with Crippen LogP contribution in [-0.4, -0.2) is 106 Å². The highest BCUT2D eigenvalue weighted by Crippen LogP contribution is 2.26. The Kier molecular flexibility index (Phi) is 9.02. The molecular formula is C17H30O10. The van der Waals surface area contributed by atoms with Gasteiger partial charge in [-0.3, -0.25) is 0 Å². The standard InChI is InChI=1S/C17H30O10/c1-2-3-4-5-6-24-16-15(23)13(21)12(20)10(27-16)8-25-17-14(22)11(19)9(7-18)26-17/h3-4,9-23H,2,5-8H2,1H3/b4-3-/t9-,10+,11-,12+,13-,14+,15+,16+,17+/m0/s1. The van der Waals surface area contributed by atoms with Crippen LogP contribution in [0.1, 0.15) is 19.8 Å². The molecule has 0 bridgehead atoms. The molecule has 0 saturated carbocycles. The Morgan fingerprint density at radius 1 is 0.778 bits per heavy atom. The molecule has 0 amide bonds. The zero-order chi connectivity index (χ0) is 20.0. The number of hydrogen-bond donors (Lipinski definition) is 6. The Morgan fingerprint density at radius 3 is 2.00 bits per heavy atom. The highest BCUT2D eigenvalue weighted by molar-refractivity contribution is 4.91. The lowest BCUT2D eigenvalue weighted by molar-refractivity contribution is -0.309. The molecular weight excluding hydrogens is 364 g/mol. The highest BCUT2D eigenvalue weighted by Gasteiger charge is 2.47. The third-order valence-electron chi connectivity index (χ3n) is 4.56. The number of hydrogen-bond acceptors (Lipinski definition) is 10. The van der Waals surface area contributed by atoms with Crippen LogP contribution in [0, 0.1) is 0 Å². The van der Waals surface area contributed by atoms with E-state index in [4.69, 9.17) is 24.1 Å². The van der Waals surface area contributed by atoms with Crippen LogP contribution in [-0.2, 0) is 18.9 Å². The first-order valence-corrected chi connectivity index (χ1v) is 9.11. The van der Waals surface area contributed by atoms with Gasteiger partial charge >= 0.3 is 0 Å². The molecule has 2 fully saturated rings. The monoisotopic (exact) mass is 394 g/mol. The second-order valence-electron chi connectivity index (χ2n) is 6.59. The van der Waals surface area contributed by atoms with Crippen LogP contribution in [0.2, 0.25) is 0 Å². The van der Waals surface area contributed by atoms with Gasteiger partial charge in [0.25, 0.3) is 0 Å². The average Bonchev–Trinajstić information content (AvgIpc) is 2.94. The Labute approximate surface area is 157 Å². The first-order chi connectivity index (χ1) is 12.9. The second-order valence-corrected chi connectivity index (χ2v) is 6.59. The third-order valence-corrected chi connectivity index (χ3v) is 4.56. The summed E-state index contributed by atoms with van der Waals surface area (Å²) in [7, 11) is 0. The van der Waals surface area contributed by atoms with E-state index in [9.17, 15) is 25.5 Å². The summed E-state index contributed by atoms with van der Waals surface area (Å²) in [5.41, 5.74) is 0. The topological polar surface area (TPSA) is 158 Å². The summed E-state index contributed by atoms with van der Waals surface area (Å²) in [4.78, 5) is 0. The summed E-state index contributed by atoms with van der Waals surface area (Å²) in [5, 5.41) is 58.7. The fraction of sp³-hybridized carbons (Fsp3) is 0.882. The SMILES string of the molecule is CC/C=C\CCO[C@@H]1O[C@H](CO[C@@H]2O[C@@H](CO)[C@H](O)[C@H]2O)[C@@H](O)[C@H](O)[C@H]1O. The molecule has 2 aliphatic rings. The normalized spacial score (nSPS) is 42.9. The molecule has 0 spiro atoms. The van der Waals surface area contributed by atoms with Gasteiger partial charge in [0, 0.05) is 0 Å². The smallest absolute Gasteiger partial charge is 0.186 e. The van der Waals surface area contributed by atoms with E-state index in [0.717, 1.165) is 6.42 Å². The minimum atomic E-state index is -1.51. The van der Waals surface area contributed by atoms with E-state index >= 15 is 0 Å². The van der Waals surface area contributed by atoms with Crippen LogP contribution in [0.5, 0.6) is 0 Å². The van der Waals surface area contributed by atoms with Crippen molar-refractivity contribution in [3.63, 3.8) is 0 Å². The van der Waals surface area contributed by atoms with E-state index in [2.05, 4.69) is 0 Å². The molecule has 10 nitrogen and oxygen atoms in total. The Morgan fingerprint density at radius 2 is 1.37 bits per heavy atom. The molecule has 0 radical (unpaired) electrons. The lowest BCUT2D eigenvalue weighted by Crippen LogP contribution is -2.59. The van der Waals surface area contributed by atoms with E-state index in [1.54, 1.807) is 0 Å². The summed E-state index contributed by atoms with van der Waals surface area (Å²) in [6.07, 6.45) is -6.11. The zero-order valence-corrected chi connectivity index (χ0v) is 15.2. The first kappa shape index (κ1) is 22.6. The van der Waals surface area contributed by atoms with Crippen molar-refractivity contribution in [3.05, 3.63) is 12.2 Å². The summed E-state index contributed by atoms with van der Waals surface area (Å²) in [6.45, 7) is 1.46. The Balaban J connectivity index is 1.86. The quantitative estimate of drug-likeness (QED) is 0.184. The van der Waals surface area contributed by atoms with E-state index in [-0.39, 0.29) is 13.2 Å². The van der Waals surface area contributed by atoms with Crippen LogP contribution >= 0.6 is 0 Å². The number of aliphatic hydroxyl groups excluding tert-OH is 6. The van der Waals surface area contributed by atoms with Gasteiger partial charge < -0.3 is 49.6 Å². The summed E-state index contributed by atoms with van der Waals surface area (Å²) < 4.78 is 21.4. The van der Waals surface area contributed by atoms with Crippen LogP contribution in [0.4, 0.5) is 0 Å². The molecule has 0 aliphatic carbocycles. The van der Waals surface area contributed by atoms with Gasteiger partial charge in [-0.2, -0.15) is 0 Å². The predicted octanol–water partition coefficient (Wildman–Crippen LogP) is -2.38. The van der Waals surface area contributed by atoms with Crippen LogP contribution < -0.4 is 0 Å². The lowest BCUT2D eigenvalue weighted by Gasteiger charge is -2.40. The van der Waals surface area contributed by atoms with Crippen molar-refractivity contribution in [1.29, 1.82) is 0 Å². The molecule has 0 aromatic heterocycles. The number of rotatable bonds is 9. The molecule has 27 heavy (non-hydrogen) atoms. The summed E-state index contributed by atoms with van der Waals surface area (Å²) in [6, 6.07) is 0. The maximum absolute atomic E-state index is 10.1.